The molecule has 2 aliphatic rings. The second-order valence-corrected chi connectivity index (χ2v) is 8.10. The van der Waals surface area contributed by atoms with Gasteiger partial charge >= 0.3 is 0 Å². The summed E-state index contributed by atoms with van der Waals surface area (Å²) in [5, 5.41) is 8.19. The Morgan fingerprint density at radius 2 is 1.93 bits per heavy atom. The van der Waals surface area contributed by atoms with Crippen molar-refractivity contribution in [3.8, 4) is 0 Å². The number of carbonyl (C=O) groups is 1. The summed E-state index contributed by atoms with van der Waals surface area (Å²) < 4.78 is 5.21. The van der Waals surface area contributed by atoms with Gasteiger partial charge in [-0.15, -0.1) is 0 Å². The highest BCUT2D eigenvalue weighted by molar-refractivity contribution is 5.93. The lowest BCUT2D eigenvalue weighted by Gasteiger charge is -2.27. The lowest BCUT2D eigenvalue weighted by Crippen LogP contribution is -2.41. The minimum Gasteiger partial charge on any atom is -0.356 e. The smallest absolute Gasteiger partial charge is 0.231 e. The first kappa shape index (κ1) is 17.4. The van der Waals surface area contributed by atoms with Crippen LogP contribution in [0.3, 0.4) is 0 Å². The normalized spacial score (nSPS) is 19.6. The van der Waals surface area contributed by atoms with Crippen LogP contribution in [0.15, 0.2) is 59.3 Å². The summed E-state index contributed by atoms with van der Waals surface area (Å²) in [6.45, 7) is 3.11. The van der Waals surface area contributed by atoms with Gasteiger partial charge in [0.05, 0.1) is 17.7 Å². The van der Waals surface area contributed by atoms with E-state index in [1.807, 2.05) is 30.3 Å². The van der Waals surface area contributed by atoms with Crippen LogP contribution < -0.4 is 5.32 Å². The number of aromatic nitrogens is 1. The molecule has 2 heterocycles. The van der Waals surface area contributed by atoms with Gasteiger partial charge in [0, 0.05) is 11.9 Å². The van der Waals surface area contributed by atoms with E-state index in [9.17, 15) is 4.79 Å². The summed E-state index contributed by atoms with van der Waals surface area (Å²) in [4.78, 5) is 15.8. The third-order valence-electron chi connectivity index (χ3n) is 6.24. The van der Waals surface area contributed by atoms with Gasteiger partial charge in [-0.05, 0) is 62.0 Å². The van der Waals surface area contributed by atoms with Crippen LogP contribution in [0.5, 0.6) is 0 Å². The fourth-order valence-electron chi connectivity index (χ4n) is 4.38. The van der Waals surface area contributed by atoms with Crippen molar-refractivity contribution in [1.82, 2.24) is 15.4 Å². The van der Waals surface area contributed by atoms with Gasteiger partial charge in [0.25, 0.3) is 0 Å². The van der Waals surface area contributed by atoms with Crippen LogP contribution in [-0.4, -0.2) is 35.6 Å². The van der Waals surface area contributed by atoms with Crippen molar-refractivity contribution in [2.24, 2.45) is 0 Å². The molecule has 0 spiro atoms. The maximum Gasteiger partial charge on any atom is 0.231 e. The molecule has 144 valence electrons. The molecule has 1 saturated heterocycles. The molecule has 2 fully saturated rings. The van der Waals surface area contributed by atoms with E-state index < -0.39 is 5.41 Å². The van der Waals surface area contributed by atoms with Crippen LogP contribution in [0, 0.1) is 0 Å². The molecule has 5 nitrogen and oxygen atoms in total. The zero-order chi connectivity index (χ0) is 19.0. The van der Waals surface area contributed by atoms with Crippen LogP contribution in [0.25, 0.3) is 11.0 Å². The van der Waals surface area contributed by atoms with Gasteiger partial charge in [-0.1, -0.05) is 41.6 Å². The van der Waals surface area contributed by atoms with Gasteiger partial charge < -0.3 is 14.7 Å². The summed E-state index contributed by atoms with van der Waals surface area (Å²) >= 11 is 0. The zero-order valence-corrected chi connectivity index (χ0v) is 15.9. The molecule has 2 aromatic carbocycles. The van der Waals surface area contributed by atoms with E-state index in [1.165, 1.54) is 18.4 Å². The van der Waals surface area contributed by atoms with Crippen molar-refractivity contribution in [2.75, 3.05) is 19.6 Å². The maximum atomic E-state index is 13.4. The molecule has 1 unspecified atom stereocenters. The van der Waals surface area contributed by atoms with Crippen molar-refractivity contribution < 1.29 is 9.32 Å². The number of nitrogens with one attached hydrogen (secondary N) is 1. The average molecular weight is 375 g/mol. The molecule has 0 radical (unpaired) electrons. The Balaban J connectivity index is 1.39. The number of hydrogen-bond acceptors (Lipinski definition) is 4. The number of rotatable bonds is 6. The maximum absolute atomic E-state index is 13.4. The second-order valence-electron chi connectivity index (χ2n) is 8.10. The van der Waals surface area contributed by atoms with E-state index >= 15 is 0 Å². The Kier molecular flexibility index (Phi) is 4.40. The van der Waals surface area contributed by atoms with Crippen LogP contribution in [0.4, 0.5) is 0 Å². The number of hydrogen-bond donors (Lipinski definition) is 1. The Labute approximate surface area is 164 Å². The molecule has 28 heavy (non-hydrogen) atoms. The van der Waals surface area contributed by atoms with Crippen LogP contribution in [0.2, 0.25) is 0 Å². The third kappa shape index (κ3) is 3.20. The third-order valence-corrected chi connectivity index (χ3v) is 6.24. The Bertz CT molecular complexity index is 972. The molecular weight excluding hydrogens is 350 g/mol. The molecule has 1 aliphatic carbocycles. The molecule has 1 atom stereocenters. The first-order chi connectivity index (χ1) is 13.7. The highest BCUT2D eigenvalue weighted by Crippen LogP contribution is 2.49. The fourth-order valence-corrected chi connectivity index (χ4v) is 4.38. The molecule has 1 N–H and O–H groups in total. The van der Waals surface area contributed by atoms with Crippen molar-refractivity contribution in [2.45, 2.75) is 37.1 Å². The van der Waals surface area contributed by atoms with Gasteiger partial charge in [0.1, 0.15) is 0 Å². The van der Waals surface area contributed by atoms with Crippen molar-refractivity contribution in [3.63, 3.8) is 0 Å². The van der Waals surface area contributed by atoms with E-state index in [1.54, 1.807) is 6.20 Å². The van der Waals surface area contributed by atoms with Crippen molar-refractivity contribution >= 4 is 16.9 Å². The van der Waals surface area contributed by atoms with Crippen LogP contribution in [-0.2, 0) is 10.2 Å². The number of nitrogens with zero attached hydrogens (tertiary/aromatic N) is 2. The minimum absolute atomic E-state index is 0.0172. The van der Waals surface area contributed by atoms with Gasteiger partial charge in [-0.3, -0.25) is 4.79 Å². The Hall–Kier alpha value is -2.66. The number of carbonyl (C=O) groups excluding carboxylic acids is 1. The number of amides is 1. The zero-order valence-electron chi connectivity index (χ0n) is 15.9. The molecule has 3 aromatic rings. The summed E-state index contributed by atoms with van der Waals surface area (Å²) in [6.07, 6.45) is 5.99. The predicted molar refractivity (Wildman–Crippen MR) is 108 cm³/mol. The lowest BCUT2D eigenvalue weighted by atomic mass is 9.93. The SMILES string of the molecule is O=C(NC(CN1CCCC1)c1ccccc1)C1(c2ccc3oncc3c2)CC1. The fraction of sp³-hybridized carbons (Fsp3) is 0.391. The summed E-state index contributed by atoms with van der Waals surface area (Å²) in [7, 11) is 0. The minimum atomic E-state index is -0.413. The topological polar surface area (TPSA) is 58.4 Å². The quantitative estimate of drug-likeness (QED) is 0.712. The van der Waals surface area contributed by atoms with E-state index in [-0.39, 0.29) is 11.9 Å². The molecule has 1 aromatic heterocycles. The van der Waals surface area contributed by atoms with Crippen LogP contribution >= 0.6 is 0 Å². The Morgan fingerprint density at radius 3 is 2.68 bits per heavy atom. The molecule has 1 aliphatic heterocycles. The van der Waals surface area contributed by atoms with Gasteiger partial charge in [-0.2, -0.15) is 0 Å². The lowest BCUT2D eigenvalue weighted by molar-refractivity contribution is -0.124. The van der Waals surface area contributed by atoms with Gasteiger partial charge in [0.2, 0.25) is 5.91 Å². The summed E-state index contributed by atoms with van der Waals surface area (Å²) in [6, 6.07) is 16.3. The summed E-state index contributed by atoms with van der Waals surface area (Å²) in [5.41, 5.74) is 2.58. The average Bonchev–Trinajstić information content (AvgIpc) is 3.14. The first-order valence-electron chi connectivity index (χ1n) is 10.2. The number of fused-ring (bicyclic) bond motifs is 1. The largest absolute Gasteiger partial charge is 0.356 e. The van der Waals surface area contributed by atoms with E-state index in [0.717, 1.165) is 49.0 Å². The molecule has 1 saturated carbocycles. The molecular formula is C23H25N3O2. The van der Waals surface area contributed by atoms with E-state index in [0.29, 0.717) is 0 Å². The number of likely N-dealkylation sites (tertiary alicyclic amines) is 1. The van der Waals surface area contributed by atoms with Gasteiger partial charge in [0.15, 0.2) is 5.58 Å². The standard InChI is InChI=1S/C23H25N3O2/c27-22(23(10-11-23)19-8-9-21-18(14-19)15-24-28-21)25-20(16-26-12-4-5-13-26)17-6-2-1-3-7-17/h1-3,6-9,14-15,20H,4-5,10-13,16H2,(H,25,27). The van der Waals surface area contributed by atoms with E-state index in [4.69, 9.17) is 4.52 Å². The molecule has 0 bridgehead atoms. The van der Waals surface area contributed by atoms with Crippen molar-refractivity contribution in [1.29, 1.82) is 0 Å². The highest BCUT2D eigenvalue weighted by atomic mass is 16.5. The molecule has 1 amide bonds. The van der Waals surface area contributed by atoms with Crippen LogP contribution in [0.1, 0.15) is 42.9 Å². The molecule has 5 rings (SSSR count). The monoisotopic (exact) mass is 375 g/mol. The second kappa shape index (κ2) is 7.06. The van der Waals surface area contributed by atoms with Crippen molar-refractivity contribution in [3.05, 3.63) is 65.9 Å². The summed E-state index contributed by atoms with van der Waals surface area (Å²) in [5.74, 6) is 0.136. The highest BCUT2D eigenvalue weighted by Gasteiger charge is 2.51. The Morgan fingerprint density at radius 1 is 1.14 bits per heavy atom. The van der Waals surface area contributed by atoms with E-state index in [2.05, 4.69) is 33.6 Å². The number of benzene rings is 2. The first-order valence-corrected chi connectivity index (χ1v) is 10.2. The molecule has 5 heteroatoms. The predicted octanol–water partition coefficient (Wildman–Crippen LogP) is 3.81. The van der Waals surface area contributed by atoms with Gasteiger partial charge in [-0.25, -0.2) is 0 Å².